The van der Waals surface area contributed by atoms with Gasteiger partial charge >= 0.3 is 0 Å². The van der Waals surface area contributed by atoms with E-state index >= 15 is 0 Å². The van der Waals surface area contributed by atoms with Crippen molar-refractivity contribution in [2.24, 2.45) is 0 Å². The third kappa shape index (κ3) is 5.45. The van der Waals surface area contributed by atoms with Crippen LogP contribution < -0.4 is 10.6 Å². The molecule has 0 aliphatic heterocycles. The van der Waals surface area contributed by atoms with Gasteiger partial charge in [-0.1, -0.05) is 51.8 Å². The van der Waals surface area contributed by atoms with Gasteiger partial charge in [-0.2, -0.15) is 0 Å². The normalized spacial score (nSPS) is 10.6. The summed E-state index contributed by atoms with van der Waals surface area (Å²) >= 11 is 0. The predicted molar refractivity (Wildman–Crippen MR) is 107 cm³/mol. The monoisotopic (exact) mass is 352 g/mol. The number of carbonyl (C=O) groups is 2. The fourth-order valence-corrected chi connectivity index (χ4v) is 2.76. The fourth-order valence-electron chi connectivity index (χ4n) is 2.76. The van der Waals surface area contributed by atoms with Gasteiger partial charge < -0.3 is 10.6 Å². The molecule has 0 saturated carbocycles. The van der Waals surface area contributed by atoms with Crippen molar-refractivity contribution in [3.05, 3.63) is 65.2 Å². The van der Waals surface area contributed by atoms with E-state index in [-0.39, 0.29) is 11.8 Å². The molecule has 26 heavy (non-hydrogen) atoms. The minimum atomic E-state index is -0.173. The third-order valence-electron chi connectivity index (χ3n) is 4.31. The summed E-state index contributed by atoms with van der Waals surface area (Å²) in [5.74, 6) is 0.0523. The first-order valence-electron chi connectivity index (χ1n) is 9.31. The van der Waals surface area contributed by atoms with Crippen LogP contribution in [0.3, 0.4) is 0 Å². The number of rotatable bonds is 8. The molecule has 2 aromatic carbocycles. The third-order valence-corrected chi connectivity index (χ3v) is 4.31. The van der Waals surface area contributed by atoms with Gasteiger partial charge in [0.25, 0.3) is 11.8 Å². The summed E-state index contributed by atoms with van der Waals surface area (Å²) in [7, 11) is 0. The molecule has 0 unspecified atom stereocenters. The Balaban J connectivity index is 2.00. The summed E-state index contributed by atoms with van der Waals surface area (Å²) in [6, 6.07) is 14.6. The van der Waals surface area contributed by atoms with Crippen LogP contribution in [0.5, 0.6) is 0 Å². The molecule has 0 fully saturated rings. The van der Waals surface area contributed by atoms with E-state index in [2.05, 4.69) is 31.4 Å². The standard InChI is InChI=1S/C22H28N2O2/c1-4-5-8-15-23-21(25)17-11-13-18(14-12-17)22(26)24-20-10-7-6-9-19(20)16(2)3/h6-7,9-14,16H,4-5,8,15H2,1-3H3,(H,23,25)(H,24,26). The van der Waals surface area contributed by atoms with Crippen LogP contribution in [0, 0.1) is 0 Å². The maximum Gasteiger partial charge on any atom is 0.255 e. The molecule has 4 heteroatoms. The first-order chi connectivity index (χ1) is 12.5. The zero-order chi connectivity index (χ0) is 18.9. The number of anilines is 1. The van der Waals surface area contributed by atoms with E-state index < -0.39 is 0 Å². The molecular formula is C22H28N2O2. The minimum absolute atomic E-state index is 0.0989. The van der Waals surface area contributed by atoms with Crippen LogP contribution >= 0.6 is 0 Å². The van der Waals surface area contributed by atoms with Gasteiger partial charge in [0.15, 0.2) is 0 Å². The van der Waals surface area contributed by atoms with Gasteiger partial charge in [0.05, 0.1) is 0 Å². The van der Waals surface area contributed by atoms with Crippen LogP contribution in [0.4, 0.5) is 5.69 Å². The average Bonchev–Trinajstić information content (AvgIpc) is 2.65. The first kappa shape index (κ1) is 19.7. The zero-order valence-electron chi connectivity index (χ0n) is 15.8. The van der Waals surface area contributed by atoms with E-state index in [1.54, 1.807) is 24.3 Å². The minimum Gasteiger partial charge on any atom is -0.352 e. The van der Waals surface area contributed by atoms with Crippen LogP contribution in [-0.2, 0) is 0 Å². The van der Waals surface area contributed by atoms with Crippen molar-refractivity contribution >= 4 is 17.5 Å². The maximum absolute atomic E-state index is 12.5. The highest BCUT2D eigenvalue weighted by molar-refractivity contribution is 6.05. The smallest absolute Gasteiger partial charge is 0.255 e. The molecule has 0 radical (unpaired) electrons. The second kappa shape index (κ2) is 9.76. The molecule has 2 rings (SSSR count). The average molecular weight is 352 g/mol. The lowest BCUT2D eigenvalue weighted by Crippen LogP contribution is -2.24. The number of para-hydroxylation sites is 1. The summed E-state index contributed by atoms with van der Waals surface area (Å²) in [5, 5.41) is 5.87. The number of amides is 2. The van der Waals surface area contributed by atoms with Crippen LogP contribution in [0.25, 0.3) is 0 Å². The lowest BCUT2D eigenvalue weighted by atomic mass is 10.0. The summed E-state index contributed by atoms with van der Waals surface area (Å²) in [4.78, 5) is 24.6. The lowest BCUT2D eigenvalue weighted by Gasteiger charge is -2.13. The van der Waals surface area contributed by atoms with Gasteiger partial charge in [0.1, 0.15) is 0 Å². The number of benzene rings is 2. The molecular weight excluding hydrogens is 324 g/mol. The Bertz CT molecular complexity index is 736. The van der Waals surface area contributed by atoms with Crippen LogP contribution in [0.1, 0.15) is 72.2 Å². The zero-order valence-corrected chi connectivity index (χ0v) is 15.8. The van der Waals surface area contributed by atoms with E-state index in [0.29, 0.717) is 23.6 Å². The summed E-state index contributed by atoms with van der Waals surface area (Å²) in [6.45, 7) is 7.00. The Morgan fingerprint density at radius 2 is 1.50 bits per heavy atom. The predicted octanol–water partition coefficient (Wildman–Crippen LogP) is 4.98. The van der Waals surface area contributed by atoms with Crippen LogP contribution in [0.15, 0.2) is 48.5 Å². The van der Waals surface area contributed by atoms with Gasteiger partial charge in [0, 0.05) is 23.4 Å². The quantitative estimate of drug-likeness (QED) is 0.658. The molecule has 0 aliphatic carbocycles. The topological polar surface area (TPSA) is 58.2 Å². The SMILES string of the molecule is CCCCCNC(=O)c1ccc(C(=O)Nc2ccccc2C(C)C)cc1. The van der Waals surface area contributed by atoms with Crippen molar-refractivity contribution in [3.63, 3.8) is 0 Å². The van der Waals surface area contributed by atoms with Crippen LogP contribution in [-0.4, -0.2) is 18.4 Å². The second-order valence-corrected chi connectivity index (χ2v) is 6.74. The van der Waals surface area contributed by atoms with Gasteiger partial charge in [-0.15, -0.1) is 0 Å². The van der Waals surface area contributed by atoms with E-state index in [1.807, 2.05) is 24.3 Å². The number of carbonyl (C=O) groups excluding carboxylic acids is 2. The second-order valence-electron chi connectivity index (χ2n) is 6.74. The first-order valence-corrected chi connectivity index (χ1v) is 9.31. The van der Waals surface area contributed by atoms with Crippen molar-refractivity contribution in [3.8, 4) is 0 Å². The Hall–Kier alpha value is -2.62. The van der Waals surface area contributed by atoms with Gasteiger partial charge in [0.2, 0.25) is 0 Å². The van der Waals surface area contributed by atoms with Crippen molar-refractivity contribution in [2.45, 2.75) is 46.0 Å². The van der Waals surface area contributed by atoms with E-state index in [4.69, 9.17) is 0 Å². The number of hydrogen-bond acceptors (Lipinski definition) is 2. The highest BCUT2D eigenvalue weighted by Gasteiger charge is 2.12. The van der Waals surface area contributed by atoms with Crippen molar-refractivity contribution in [1.82, 2.24) is 5.32 Å². The molecule has 2 aromatic rings. The summed E-state index contributed by atoms with van der Waals surface area (Å²) in [6.07, 6.45) is 3.22. The molecule has 0 heterocycles. The summed E-state index contributed by atoms with van der Waals surface area (Å²) < 4.78 is 0. The lowest BCUT2D eigenvalue weighted by molar-refractivity contribution is 0.0951. The van der Waals surface area contributed by atoms with Gasteiger partial charge in [-0.25, -0.2) is 0 Å². The highest BCUT2D eigenvalue weighted by atomic mass is 16.2. The Labute approximate surface area is 156 Å². The maximum atomic E-state index is 12.5. The molecule has 0 bridgehead atoms. The fraction of sp³-hybridized carbons (Fsp3) is 0.364. The number of unbranched alkanes of at least 4 members (excludes halogenated alkanes) is 2. The molecule has 0 saturated heterocycles. The molecule has 0 aromatic heterocycles. The molecule has 0 aliphatic rings. The number of hydrogen-bond donors (Lipinski definition) is 2. The van der Waals surface area contributed by atoms with Gasteiger partial charge in [-0.3, -0.25) is 9.59 Å². The van der Waals surface area contributed by atoms with E-state index in [0.717, 1.165) is 30.5 Å². The Morgan fingerprint density at radius 1 is 0.885 bits per heavy atom. The van der Waals surface area contributed by atoms with E-state index in [1.165, 1.54) is 0 Å². The molecule has 4 nitrogen and oxygen atoms in total. The molecule has 138 valence electrons. The van der Waals surface area contributed by atoms with Crippen molar-refractivity contribution in [1.29, 1.82) is 0 Å². The van der Waals surface area contributed by atoms with Gasteiger partial charge in [-0.05, 0) is 48.2 Å². The Morgan fingerprint density at radius 3 is 2.12 bits per heavy atom. The molecule has 0 atom stereocenters. The van der Waals surface area contributed by atoms with Crippen LogP contribution in [0.2, 0.25) is 0 Å². The van der Waals surface area contributed by atoms with Crippen molar-refractivity contribution < 1.29 is 9.59 Å². The van der Waals surface area contributed by atoms with Crippen molar-refractivity contribution in [2.75, 3.05) is 11.9 Å². The Kier molecular flexibility index (Phi) is 7.39. The number of nitrogens with one attached hydrogen (secondary N) is 2. The van der Waals surface area contributed by atoms with E-state index in [9.17, 15) is 9.59 Å². The summed E-state index contributed by atoms with van der Waals surface area (Å²) in [5.41, 5.74) is 3.03. The molecule has 2 N–H and O–H groups in total. The molecule has 2 amide bonds. The largest absolute Gasteiger partial charge is 0.352 e. The highest BCUT2D eigenvalue weighted by Crippen LogP contribution is 2.24. The molecule has 0 spiro atoms.